The van der Waals surface area contributed by atoms with Gasteiger partial charge in [0.15, 0.2) is 0 Å². The molecule has 33 heavy (non-hydrogen) atoms. The Morgan fingerprint density at radius 1 is 1.18 bits per heavy atom. The molecule has 2 aromatic heterocycles. The van der Waals surface area contributed by atoms with Gasteiger partial charge in [0.25, 0.3) is 11.5 Å². The van der Waals surface area contributed by atoms with E-state index in [1.165, 1.54) is 11.8 Å². The van der Waals surface area contributed by atoms with Crippen LogP contribution in [0.5, 0.6) is 0 Å². The number of rotatable bonds is 4. The molecular weight excluding hydrogens is 483 g/mol. The smallest absolute Gasteiger partial charge is 0.257 e. The van der Waals surface area contributed by atoms with E-state index < -0.39 is 0 Å². The molecule has 7 nitrogen and oxygen atoms in total. The molecule has 0 saturated carbocycles. The van der Waals surface area contributed by atoms with Gasteiger partial charge in [0, 0.05) is 41.9 Å². The lowest BCUT2D eigenvalue weighted by atomic mass is 9.99. The third kappa shape index (κ3) is 4.05. The van der Waals surface area contributed by atoms with Crippen LogP contribution in [0.15, 0.2) is 26.3 Å². The number of amides is 1. The van der Waals surface area contributed by atoms with E-state index in [4.69, 9.17) is 27.7 Å². The highest BCUT2D eigenvalue weighted by Crippen LogP contribution is 2.43. The first kappa shape index (κ1) is 23.7. The Hall–Kier alpha value is -2.42. The van der Waals surface area contributed by atoms with Gasteiger partial charge in [-0.05, 0) is 39.2 Å². The molecule has 1 aliphatic heterocycles. The zero-order valence-electron chi connectivity index (χ0n) is 19.0. The van der Waals surface area contributed by atoms with Crippen LogP contribution in [-0.4, -0.2) is 39.9 Å². The van der Waals surface area contributed by atoms with Crippen LogP contribution >= 0.6 is 35.0 Å². The van der Waals surface area contributed by atoms with E-state index in [0.29, 0.717) is 51.9 Å². The van der Waals surface area contributed by atoms with Crippen molar-refractivity contribution in [2.24, 2.45) is 7.05 Å². The topological polar surface area (TPSA) is 80.4 Å². The number of hydrogen-bond donors (Lipinski definition) is 1. The Morgan fingerprint density at radius 2 is 1.91 bits per heavy atom. The Morgan fingerprint density at radius 3 is 2.55 bits per heavy atom. The van der Waals surface area contributed by atoms with Gasteiger partial charge in [-0.2, -0.15) is 0 Å². The Balaban J connectivity index is 1.83. The van der Waals surface area contributed by atoms with Crippen LogP contribution in [0.4, 0.5) is 5.69 Å². The van der Waals surface area contributed by atoms with E-state index in [2.05, 4.69) is 10.5 Å². The fourth-order valence-electron chi connectivity index (χ4n) is 4.14. The van der Waals surface area contributed by atoms with Crippen molar-refractivity contribution in [3.05, 3.63) is 60.8 Å². The van der Waals surface area contributed by atoms with Gasteiger partial charge < -0.3 is 19.3 Å². The molecule has 0 aliphatic carbocycles. The number of pyridine rings is 1. The van der Waals surface area contributed by atoms with Crippen molar-refractivity contribution in [2.45, 2.75) is 32.2 Å². The molecule has 1 amide bonds. The van der Waals surface area contributed by atoms with Gasteiger partial charge in [0.05, 0.1) is 39.1 Å². The second kappa shape index (κ2) is 9.08. The first-order valence-corrected chi connectivity index (χ1v) is 12.4. The highest BCUT2D eigenvalue weighted by Gasteiger charge is 2.31. The van der Waals surface area contributed by atoms with Crippen LogP contribution < -0.4 is 10.9 Å². The first-order valence-electron chi connectivity index (χ1n) is 10.4. The molecule has 0 unspecified atom stereocenters. The summed E-state index contributed by atoms with van der Waals surface area (Å²) in [6.45, 7) is 6.53. The second-order valence-corrected chi connectivity index (χ2v) is 9.65. The Labute approximate surface area is 206 Å². The minimum Gasteiger partial charge on any atom is -0.381 e. The van der Waals surface area contributed by atoms with Crippen LogP contribution in [0.3, 0.4) is 0 Å². The predicted molar refractivity (Wildman–Crippen MR) is 133 cm³/mol. The van der Waals surface area contributed by atoms with Crippen molar-refractivity contribution < 1.29 is 9.32 Å². The van der Waals surface area contributed by atoms with Crippen LogP contribution in [0, 0.1) is 20.8 Å². The molecular formula is C23H24Cl2N4O3S. The van der Waals surface area contributed by atoms with Crippen LogP contribution in [0.25, 0.3) is 11.1 Å². The largest absolute Gasteiger partial charge is 0.381 e. The monoisotopic (exact) mass is 506 g/mol. The fourth-order valence-corrected chi connectivity index (χ4v) is 5.42. The predicted octanol–water partition coefficient (Wildman–Crippen LogP) is 5.06. The third-order valence-electron chi connectivity index (χ3n) is 6.00. The van der Waals surface area contributed by atoms with Gasteiger partial charge in [-0.15, -0.1) is 11.8 Å². The van der Waals surface area contributed by atoms with Gasteiger partial charge in [0.1, 0.15) is 5.76 Å². The maximum Gasteiger partial charge on any atom is 0.257 e. The molecule has 0 bridgehead atoms. The highest BCUT2D eigenvalue weighted by molar-refractivity contribution is 7.98. The number of hydrogen-bond acceptors (Lipinski definition) is 6. The van der Waals surface area contributed by atoms with Gasteiger partial charge in [-0.3, -0.25) is 9.59 Å². The molecule has 1 aromatic carbocycles. The van der Waals surface area contributed by atoms with Gasteiger partial charge >= 0.3 is 0 Å². The van der Waals surface area contributed by atoms with Crippen molar-refractivity contribution in [1.82, 2.24) is 14.6 Å². The number of benzene rings is 1. The number of carbonyl (C=O) groups is 1. The molecule has 174 valence electrons. The van der Waals surface area contributed by atoms with Crippen LogP contribution in [-0.2, 0) is 13.6 Å². The molecule has 10 heteroatoms. The summed E-state index contributed by atoms with van der Waals surface area (Å²) < 4.78 is 6.90. The van der Waals surface area contributed by atoms with Crippen LogP contribution in [0.1, 0.15) is 33.1 Å². The second-order valence-electron chi connectivity index (χ2n) is 8.02. The van der Waals surface area contributed by atoms with Crippen molar-refractivity contribution in [1.29, 1.82) is 0 Å². The van der Waals surface area contributed by atoms with E-state index in [0.717, 1.165) is 10.6 Å². The number of carbonyl (C=O) groups excluding carboxylic acids is 1. The lowest BCUT2D eigenvalue weighted by Crippen LogP contribution is -2.36. The maximum atomic E-state index is 13.8. The summed E-state index contributed by atoms with van der Waals surface area (Å²) in [5.41, 5.74) is 4.06. The fraction of sp³-hybridized carbons (Fsp3) is 0.348. The van der Waals surface area contributed by atoms with Crippen molar-refractivity contribution in [2.75, 3.05) is 24.7 Å². The van der Waals surface area contributed by atoms with E-state index in [1.54, 1.807) is 29.5 Å². The number of aryl methyl sites for hydroxylation is 3. The average Bonchev–Trinajstić information content (AvgIpc) is 3.01. The standard InChI is InChI=1S/C23H24Cl2N4O3S/c1-11-8-17(33-5)15(22(30)28(11)4)10-29-7-6-26-21-16(24)9-14(20(25)19(21)23(29)31)18-12(2)27-32-13(18)3/h8-9,26H,6-7,10H2,1-5H3. The molecule has 3 aromatic rings. The summed E-state index contributed by atoms with van der Waals surface area (Å²) in [7, 11) is 1.74. The summed E-state index contributed by atoms with van der Waals surface area (Å²) in [4.78, 5) is 29.3. The zero-order chi connectivity index (χ0) is 24.0. The molecule has 0 saturated heterocycles. The van der Waals surface area contributed by atoms with Gasteiger partial charge in [-0.25, -0.2) is 0 Å². The third-order valence-corrected chi connectivity index (χ3v) is 7.50. The highest BCUT2D eigenvalue weighted by atomic mass is 35.5. The van der Waals surface area contributed by atoms with Crippen molar-refractivity contribution in [3.63, 3.8) is 0 Å². The van der Waals surface area contributed by atoms with E-state index in [1.807, 2.05) is 26.2 Å². The Bertz CT molecular complexity index is 1310. The SMILES string of the molecule is CSc1cc(C)n(C)c(=O)c1CN1CCNc2c(Cl)cc(-c3c(C)noc3C)c(Cl)c2C1=O. The van der Waals surface area contributed by atoms with Crippen LogP contribution in [0.2, 0.25) is 10.0 Å². The molecule has 4 rings (SSSR count). The summed E-state index contributed by atoms with van der Waals surface area (Å²) in [5.74, 6) is 0.300. The van der Waals surface area contributed by atoms with Gasteiger partial charge in [-0.1, -0.05) is 28.4 Å². The lowest BCUT2D eigenvalue weighted by Gasteiger charge is -2.23. The first-order chi connectivity index (χ1) is 15.6. The molecule has 0 radical (unpaired) electrons. The van der Waals surface area contributed by atoms with Gasteiger partial charge in [0.2, 0.25) is 0 Å². The summed E-state index contributed by atoms with van der Waals surface area (Å²) >= 11 is 14.9. The molecule has 1 N–H and O–H groups in total. The average molecular weight is 507 g/mol. The number of thioether (sulfide) groups is 1. The normalized spacial score (nSPS) is 13.7. The lowest BCUT2D eigenvalue weighted by molar-refractivity contribution is 0.0754. The van der Waals surface area contributed by atoms with E-state index in [-0.39, 0.29) is 28.6 Å². The van der Waals surface area contributed by atoms with Crippen molar-refractivity contribution >= 4 is 46.6 Å². The molecule has 0 fully saturated rings. The minimum absolute atomic E-state index is 0.113. The van der Waals surface area contributed by atoms with E-state index in [9.17, 15) is 9.59 Å². The molecule has 0 atom stereocenters. The molecule has 3 heterocycles. The number of nitrogens with zero attached hydrogens (tertiary/aromatic N) is 3. The summed E-state index contributed by atoms with van der Waals surface area (Å²) in [5, 5.41) is 7.90. The number of aromatic nitrogens is 2. The molecule has 0 spiro atoms. The summed E-state index contributed by atoms with van der Waals surface area (Å²) in [6.07, 6.45) is 1.92. The summed E-state index contributed by atoms with van der Waals surface area (Å²) in [6, 6.07) is 3.70. The van der Waals surface area contributed by atoms with Crippen molar-refractivity contribution in [3.8, 4) is 11.1 Å². The minimum atomic E-state index is -0.287. The number of nitrogens with one attached hydrogen (secondary N) is 1. The number of anilines is 1. The maximum absolute atomic E-state index is 13.8. The number of halogens is 2. The zero-order valence-corrected chi connectivity index (χ0v) is 21.3. The number of fused-ring (bicyclic) bond motifs is 1. The Kier molecular flexibility index (Phi) is 6.53. The van der Waals surface area contributed by atoms with E-state index >= 15 is 0 Å². The molecule has 1 aliphatic rings. The quantitative estimate of drug-likeness (QED) is 0.498.